The molecule has 2 aliphatic heterocycles. The summed E-state index contributed by atoms with van der Waals surface area (Å²) in [7, 11) is 0. The molecule has 2 amide bonds. The molecule has 0 aliphatic carbocycles. The van der Waals surface area contributed by atoms with Crippen molar-refractivity contribution in [2.75, 3.05) is 24.6 Å². The van der Waals surface area contributed by atoms with Gasteiger partial charge in [-0.15, -0.1) is 12.4 Å². The van der Waals surface area contributed by atoms with Crippen molar-refractivity contribution in [2.45, 2.75) is 25.4 Å². The SMILES string of the molecule is Cl.NC(Cc1ccccc1)C(=O)N1CCc2c(cccc2N2CCOC2=O)C1. The lowest BCUT2D eigenvalue weighted by Crippen LogP contribution is -2.47. The molecule has 7 heteroatoms. The number of cyclic esters (lactones) is 1. The summed E-state index contributed by atoms with van der Waals surface area (Å²) in [4.78, 5) is 28.2. The first-order valence-electron chi connectivity index (χ1n) is 9.27. The van der Waals surface area contributed by atoms with Gasteiger partial charge in [-0.2, -0.15) is 0 Å². The van der Waals surface area contributed by atoms with E-state index in [1.807, 2.05) is 53.4 Å². The highest BCUT2D eigenvalue weighted by Gasteiger charge is 2.30. The van der Waals surface area contributed by atoms with Gasteiger partial charge in [0.1, 0.15) is 6.61 Å². The highest BCUT2D eigenvalue weighted by atomic mass is 35.5. The maximum absolute atomic E-state index is 12.8. The quantitative estimate of drug-likeness (QED) is 0.854. The zero-order chi connectivity index (χ0) is 18.8. The smallest absolute Gasteiger partial charge is 0.414 e. The third kappa shape index (κ3) is 3.98. The van der Waals surface area contributed by atoms with Crippen LogP contribution < -0.4 is 10.6 Å². The third-order valence-corrected chi connectivity index (χ3v) is 5.22. The molecule has 2 aliphatic rings. The molecule has 2 aromatic rings. The van der Waals surface area contributed by atoms with Crippen molar-refractivity contribution in [3.8, 4) is 0 Å². The predicted molar refractivity (Wildman–Crippen MR) is 110 cm³/mol. The van der Waals surface area contributed by atoms with Crippen LogP contribution in [0, 0.1) is 0 Å². The van der Waals surface area contributed by atoms with Crippen LogP contribution in [0.3, 0.4) is 0 Å². The number of carbonyl (C=O) groups is 2. The molecular formula is C21H24ClN3O3. The molecule has 1 atom stereocenters. The Labute approximate surface area is 170 Å². The molecule has 2 N–H and O–H groups in total. The van der Waals surface area contributed by atoms with E-state index in [1.165, 1.54) is 0 Å². The normalized spacial score (nSPS) is 16.8. The van der Waals surface area contributed by atoms with Gasteiger partial charge < -0.3 is 15.4 Å². The van der Waals surface area contributed by atoms with E-state index in [0.29, 0.717) is 39.1 Å². The summed E-state index contributed by atoms with van der Waals surface area (Å²) in [5.41, 5.74) is 10.3. The summed E-state index contributed by atoms with van der Waals surface area (Å²) in [6, 6.07) is 15.2. The van der Waals surface area contributed by atoms with Gasteiger partial charge in [-0.1, -0.05) is 42.5 Å². The second-order valence-electron chi connectivity index (χ2n) is 6.99. The van der Waals surface area contributed by atoms with E-state index in [0.717, 1.165) is 22.4 Å². The Morgan fingerprint density at radius 2 is 1.89 bits per heavy atom. The number of nitrogens with zero attached hydrogens (tertiary/aromatic N) is 2. The van der Waals surface area contributed by atoms with Gasteiger partial charge in [0.2, 0.25) is 5.91 Å². The van der Waals surface area contributed by atoms with E-state index in [2.05, 4.69) is 0 Å². The largest absolute Gasteiger partial charge is 0.447 e. The van der Waals surface area contributed by atoms with Crippen LogP contribution in [0.15, 0.2) is 48.5 Å². The Bertz CT molecular complexity index is 859. The molecule has 28 heavy (non-hydrogen) atoms. The van der Waals surface area contributed by atoms with Crippen molar-refractivity contribution in [3.05, 3.63) is 65.2 Å². The Kier molecular flexibility index (Phi) is 6.21. The first-order chi connectivity index (χ1) is 13.1. The molecule has 0 bridgehead atoms. The summed E-state index contributed by atoms with van der Waals surface area (Å²) in [6.45, 7) is 2.11. The van der Waals surface area contributed by atoms with Crippen LogP contribution in [-0.4, -0.2) is 42.6 Å². The highest BCUT2D eigenvalue weighted by molar-refractivity contribution is 5.91. The van der Waals surface area contributed by atoms with E-state index < -0.39 is 6.04 Å². The van der Waals surface area contributed by atoms with Crippen molar-refractivity contribution in [1.82, 2.24) is 4.90 Å². The van der Waals surface area contributed by atoms with Crippen molar-refractivity contribution in [1.29, 1.82) is 0 Å². The molecule has 1 fully saturated rings. The fourth-order valence-corrected chi connectivity index (χ4v) is 3.83. The Morgan fingerprint density at radius 1 is 1.11 bits per heavy atom. The fourth-order valence-electron chi connectivity index (χ4n) is 3.83. The Morgan fingerprint density at radius 3 is 2.61 bits per heavy atom. The lowest BCUT2D eigenvalue weighted by atomic mass is 9.96. The van der Waals surface area contributed by atoms with Gasteiger partial charge in [-0.05, 0) is 35.6 Å². The van der Waals surface area contributed by atoms with Gasteiger partial charge in [0.15, 0.2) is 0 Å². The van der Waals surface area contributed by atoms with Crippen LogP contribution in [0.5, 0.6) is 0 Å². The van der Waals surface area contributed by atoms with Crippen LogP contribution in [0.2, 0.25) is 0 Å². The van der Waals surface area contributed by atoms with Gasteiger partial charge in [0.05, 0.1) is 18.3 Å². The molecule has 2 heterocycles. The van der Waals surface area contributed by atoms with Crippen molar-refractivity contribution >= 4 is 30.1 Å². The van der Waals surface area contributed by atoms with E-state index in [-0.39, 0.29) is 24.4 Å². The maximum Gasteiger partial charge on any atom is 0.414 e. The molecule has 6 nitrogen and oxygen atoms in total. The minimum atomic E-state index is -0.550. The summed E-state index contributed by atoms with van der Waals surface area (Å²) < 4.78 is 5.06. The molecule has 0 aromatic heterocycles. The number of anilines is 1. The number of rotatable bonds is 4. The molecule has 2 aromatic carbocycles. The summed E-state index contributed by atoms with van der Waals surface area (Å²) in [5.74, 6) is -0.0320. The number of fused-ring (bicyclic) bond motifs is 1. The predicted octanol–water partition coefficient (Wildman–Crippen LogP) is 2.52. The van der Waals surface area contributed by atoms with E-state index in [4.69, 9.17) is 10.5 Å². The van der Waals surface area contributed by atoms with Crippen LogP contribution in [-0.2, 0) is 28.9 Å². The molecular weight excluding hydrogens is 378 g/mol. The number of hydrogen-bond donors (Lipinski definition) is 1. The summed E-state index contributed by atoms with van der Waals surface area (Å²) in [5, 5.41) is 0. The van der Waals surface area contributed by atoms with E-state index >= 15 is 0 Å². The average Bonchev–Trinajstić information content (AvgIpc) is 3.13. The maximum atomic E-state index is 12.8. The Hall–Kier alpha value is -2.57. The fraction of sp³-hybridized carbons (Fsp3) is 0.333. The first-order valence-corrected chi connectivity index (χ1v) is 9.27. The Balaban J connectivity index is 0.00000225. The molecule has 0 spiro atoms. The van der Waals surface area contributed by atoms with Crippen LogP contribution in [0.1, 0.15) is 16.7 Å². The lowest BCUT2D eigenvalue weighted by molar-refractivity contribution is -0.133. The van der Waals surface area contributed by atoms with Gasteiger partial charge in [0, 0.05) is 13.1 Å². The standard InChI is InChI=1S/C21H23N3O3.ClH/c22-18(13-15-5-2-1-3-6-15)20(25)23-10-9-17-16(14-23)7-4-8-19(17)24-11-12-27-21(24)26;/h1-8,18H,9-14,22H2;1H. The second kappa shape index (κ2) is 8.63. The van der Waals surface area contributed by atoms with Crippen molar-refractivity contribution in [3.63, 3.8) is 0 Å². The number of carbonyl (C=O) groups excluding carboxylic acids is 2. The van der Waals surface area contributed by atoms with E-state index in [9.17, 15) is 9.59 Å². The molecule has 1 saturated heterocycles. The number of nitrogens with two attached hydrogens (primary N) is 1. The van der Waals surface area contributed by atoms with Gasteiger partial charge in [-0.3, -0.25) is 9.69 Å². The van der Waals surface area contributed by atoms with Crippen LogP contribution in [0.25, 0.3) is 0 Å². The topological polar surface area (TPSA) is 75.9 Å². The molecule has 0 saturated carbocycles. The minimum Gasteiger partial charge on any atom is -0.447 e. The zero-order valence-corrected chi connectivity index (χ0v) is 16.4. The number of ether oxygens (including phenoxy) is 1. The molecule has 1 unspecified atom stereocenters. The lowest BCUT2D eigenvalue weighted by Gasteiger charge is -2.32. The molecule has 4 rings (SSSR count). The second-order valence-corrected chi connectivity index (χ2v) is 6.99. The number of amides is 2. The zero-order valence-electron chi connectivity index (χ0n) is 15.5. The number of halogens is 1. The third-order valence-electron chi connectivity index (χ3n) is 5.22. The minimum absolute atomic E-state index is 0. The van der Waals surface area contributed by atoms with Gasteiger partial charge in [0.25, 0.3) is 0 Å². The van der Waals surface area contributed by atoms with Crippen molar-refractivity contribution < 1.29 is 14.3 Å². The monoisotopic (exact) mass is 401 g/mol. The summed E-state index contributed by atoms with van der Waals surface area (Å²) in [6.07, 6.45) is 0.939. The summed E-state index contributed by atoms with van der Waals surface area (Å²) >= 11 is 0. The van der Waals surface area contributed by atoms with E-state index in [1.54, 1.807) is 4.90 Å². The van der Waals surface area contributed by atoms with Gasteiger partial charge in [-0.25, -0.2) is 4.79 Å². The number of hydrogen-bond acceptors (Lipinski definition) is 4. The molecule has 148 valence electrons. The first kappa shape index (κ1) is 20.2. The van der Waals surface area contributed by atoms with Gasteiger partial charge >= 0.3 is 6.09 Å². The van der Waals surface area contributed by atoms with Crippen LogP contribution in [0.4, 0.5) is 10.5 Å². The molecule has 0 radical (unpaired) electrons. The van der Waals surface area contributed by atoms with Crippen LogP contribution >= 0.6 is 12.4 Å². The van der Waals surface area contributed by atoms with Crippen molar-refractivity contribution in [2.24, 2.45) is 5.73 Å². The highest BCUT2D eigenvalue weighted by Crippen LogP contribution is 2.30. The number of benzene rings is 2. The average molecular weight is 402 g/mol.